The summed E-state index contributed by atoms with van der Waals surface area (Å²) in [6, 6.07) is 11.0. The van der Waals surface area contributed by atoms with E-state index in [4.69, 9.17) is 10.5 Å². The average Bonchev–Trinajstić information content (AvgIpc) is 3.55. The Balaban J connectivity index is 1.40. The van der Waals surface area contributed by atoms with E-state index in [2.05, 4.69) is 50.7 Å². The van der Waals surface area contributed by atoms with Crippen molar-refractivity contribution in [2.45, 2.75) is 44.6 Å². The Labute approximate surface area is 209 Å². The van der Waals surface area contributed by atoms with Crippen LogP contribution in [0, 0.1) is 0 Å². The first-order valence-corrected chi connectivity index (χ1v) is 12.6. The summed E-state index contributed by atoms with van der Waals surface area (Å²) in [6.45, 7) is 4.68. The highest BCUT2D eigenvalue weighted by Gasteiger charge is 2.26. The van der Waals surface area contributed by atoms with E-state index in [1.165, 1.54) is 11.9 Å². The minimum atomic E-state index is 0.154. The molecule has 2 saturated heterocycles. The predicted octanol–water partition coefficient (Wildman–Crippen LogP) is 3.31. The summed E-state index contributed by atoms with van der Waals surface area (Å²) < 4.78 is 9.41. The maximum absolute atomic E-state index is 11.7. The minimum absolute atomic E-state index is 0.154. The van der Waals surface area contributed by atoms with Crippen molar-refractivity contribution in [3.63, 3.8) is 0 Å². The molecule has 0 saturated carbocycles. The molecule has 36 heavy (non-hydrogen) atoms. The number of likely N-dealkylation sites (tertiary alicyclic amines) is 1. The van der Waals surface area contributed by atoms with Gasteiger partial charge in [0.2, 0.25) is 5.91 Å². The number of nitrogens with two attached hydrogens (primary N) is 1. The normalized spacial score (nSPS) is 17.6. The van der Waals surface area contributed by atoms with E-state index >= 15 is 0 Å². The maximum atomic E-state index is 11.7. The molecule has 2 fully saturated rings. The molecule has 0 unspecified atom stereocenters. The summed E-state index contributed by atoms with van der Waals surface area (Å²) in [6.07, 6.45) is 7.00. The Morgan fingerprint density at radius 3 is 2.67 bits per heavy atom. The molecule has 2 N–H and O–H groups in total. The van der Waals surface area contributed by atoms with Gasteiger partial charge < -0.3 is 15.4 Å². The quantitative estimate of drug-likeness (QED) is 0.470. The van der Waals surface area contributed by atoms with E-state index in [0.29, 0.717) is 11.7 Å². The number of aromatic nitrogens is 6. The molecule has 0 spiro atoms. The third-order valence-electron chi connectivity index (χ3n) is 7.56. The number of amides is 1. The second kappa shape index (κ2) is 9.34. The fourth-order valence-corrected chi connectivity index (χ4v) is 5.58. The molecule has 0 bridgehead atoms. The molecule has 4 aromatic rings. The number of piperidine rings is 1. The number of rotatable bonds is 4. The standard InChI is InChI=1S/C26H30N8O2/c1-17(35)32-9-5-18(6-10-32)19-3-2-4-20(13-19)23-14-22(25-26(27)28-16-30-34(23)25)24-15-29-31-33(24)21-7-11-36-12-8-21/h2-4,13-16,18,21H,5-12H2,1H3,(H2,27,28,30). The highest BCUT2D eigenvalue weighted by Crippen LogP contribution is 2.37. The molecule has 2 aliphatic heterocycles. The van der Waals surface area contributed by atoms with Crippen molar-refractivity contribution in [2.75, 3.05) is 32.0 Å². The highest BCUT2D eigenvalue weighted by atomic mass is 16.5. The van der Waals surface area contributed by atoms with Crippen molar-refractivity contribution >= 4 is 17.2 Å². The summed E-state index contributed by atoms with van der Waals surface area (Å²) in [5, 5.41) is 13.2. The number of anilines is 1. The summed E-state index contributed by atoms with van der Waals surface area (Å²) in [7, 11) is 0. The highest BCUT2D eigenvalue weighted by molar-refractivity contribution is 5.90. The SMILES string of the molecule is CC(=O)N1CCC(c2cccc(-c3cc(-c4cnnn4C4CCOCC4)c4c(N)ncnn34)c2)CC1. The molecule has 0 radical (unpaired) electrons. The smallest absolute Gasteiger partial charge is 0.219 e. The van der Waals surface area contributed by atoms with E-state index in [0.717, 1.165) is 80.0 Å². The largest absolute Gasteiger partial charge is 0.382 e. The number of ether oxygens (including phenoxy) is 1. The van der Waals surface area contributed by atoms with Crippen LogP contribution in [0.3, 0.4) is 0 Å². The molecule has 1 amide bonds. The van der Waals surface area contributed by atoms with E-state index < -0.39 is 0 Å². The Bertz CT molecular complexity index is 1400. The Hall–Kier alpha value is -3.79. The lowest BCUT2D eigenvalue weighted by Gasteiger charge is -2.31. The van der Waals surface area contributed by atoms with Gasteiger partial charge in [0.1, 0.15) is 11.8 Å². The molecule has 1 aromatic carbocycles. The number of nitrogen functional groups attached to an aromatic ring is 1. The van der Waals surface area contributed by atoms with Crippen LogP contribution in [0.2, 0.25) is 0 Å². The Morgan fingerprint density at radius 2 is 1.89 bits per heavy atom. The van der Waals surface area contributed by atoms with Gasteiger partial charge in [0.25, 0.3) is 0 Å². The number of fused-ring (bicyclic) bond motifs is 1. The monoisotopic (exact) mass is 486 g/mol. The summed E-state index contributed by atoms with van der Waals surface area (Å²) >= 11 is 0. The van der Waals surface area contributed by atoms with Gasteiger partial charge in [0, 0.05) is 44.4 Å². The molecular formula is C26H30N8O2. The van der Waals surface area contributed by atoms with Crippen molar-refractivity contribution in [3.05, 3.63) is 48.4 Å². The average molecular weight is 487 g/mol. The summed E-state index contributed by atoms with van der Waals surface area (Å²) in [5.41, 5.74) is 12.2. The molecule has 3 aromatic heterocycles. The molecule has 5 heterocycles. The van der Waals surface area contributed by atoms with Gasteiger partial charge in [-0.3, -0.25) is 4.79 Å². The third-order valence-corrected chi connectivity index (χ3v) is 7.56. The number of carbonyl (C=O) groups is 1. The first-order valence-electron chi connectivity index (χ1n) is 12.6. The van der Waals surface area contributed by atoms with E-state index in [9.17, 15) is 4.79 Å². The first-order chi connectivity index (χ1) is 17.6. The van der Waals surface area contributed by atoms with Gasteiger partial charge in [0.05, 0.1) is 23.6 Å². The Kier molecular flexibility index (Phi) is 5.88. The van der Waals surface area contributed by atoms with Crippen LogP contribution in [-0.4, -0.2) is 66.7 Å². The molecule has 10 heteroatoms. The van der Waals surface area contributed by atoms with Crippen LogP contribution in [0.15, 0.2) is 42.9 Å². The molecule has 6 rings (SSSR count). The lowest BCUT2D eigenvalue weighted by molar-refractivity contribution is -0.129. The van der Waals surface area contributed by atoms with E-state index in [1.807, 2.05) is 14.1 Å². The number of hydrogen-bond acceptors (Lipinski definition) is 7. The van der Waals surface area contributed by atoms with Crippen molar-refractivity contribution in [1.29, 1.82) is 0 Å². The van der Waals surface area contributed by atoms with Crippen LogP contribution in [0.4, 0.5) is 5.82 Å². The fraction of sp³-hybridized carbons (Fsp3) is 0.423. The molecule has 0 aliphatic carbocycles. The summed E-state index contributed by atoms with van der Waals surface area (Å²) in [5.74, 6) is 0.991. The number of hydrogen-bond donors (Lipinski definition) is 1. The van der Waals surface area contributed by atoms with E-state index in [1.54, 1.807) is 13.1 Å². The van der Waals surface area contributed by atoms with Crippen molar-refractivity contribution in [3.8, 4) is 22.5 Å². The molecular weight excluding hydrogens is 456 g/mol. The number of carbonyl (C=O) groups excluding carboxylic acids is 1. The maximum Gasteiger partial charge on any atom is 0.219 e. The lowest BCUT2D eigenvalue weighted by atomic mass is 9.88. The molecule has 0 atom stereocenters. The van der Waals surface area contributed by atoms with Crippen molar-refractivity contribution in [1.82, 2.24) is 34.5 Å². The Morgan fingerprint density at radius 1 is 1.08 bits per heavy atom. The second-order valence-electron chi connectivity index (χ2n) is 9.66. The second-order valence-corrected chi connectivity index (χ2v) is 9.66. The predicted molar refractivity (Wildman–Crippen MR) is 135 cm³/mol. The van der Waals surface area contributed by atoms with Gasteiger partial charge in [-0.15, -0.1) is 5.10 Å². The summed E-state index contributed by atoms with van der Waals surface area (Å²) in [4.78, 5) is 18.0. The van der Waals surface area contributed by atoms with Gasteiger partial charge in [-0.25, -0.2) is 14.2 Å². The zero-order valence-corrected chi connectivity index (χ0v) is 20.4. The molecule has 2 aliphatic rings. The fourth-order valence-electron chi connectivity index (χ4n) is 5.58. The van der Waals surface area contributed by atoms with E-state index in [-0.39, 0.29) is 11.9 Å². The third kappa shape index (κ3) is 4.01. The molecule has 186 valence electrons. The molecule has 10 nitrogen and oxygen atoms in total. The minimum Gasteiger partial charge on any atom is -0.382 e. The van der Waals surface area contributed by atoms with Crippen LogP contribution in [0.25, 0.3) is 28.0 Å². The van der Waals surface area contributed by atoms with Crippen molar-refractivity contribution in [2.24, 2.45) is 0 Å². The van der Waals surface area contributed by atoms with Crippen LogP contribution in [-0.2, 0) is 9.53 Å². The zero-order chi connectivity index (χ0) is 24.6. The number of nitrogens with zero attached hydrogens (tertiary/aromatic N) is 7. The van der Waals surface area contributed by atoms with Gasteiger partial charge in [-0.05, 0) is 49.3 Å². The first kappa shape index (κ1) is 22.7. The number of benzene rings is 1. The van der Waals surface area contributed by atoms with Gasteiger partial charge in [-0.2, -0.15) is 5.10 Å². The van der Waals surface area contributed by atoms with Gasteiger partial charge in [0.15, 0.2) is 5.82 Å². The van der Waals surface area contributed by atoms with Gasteiger partial charge >= 0.3 is 0 Å². The van der Waals surface area contributed by atoms with Gasteiger partial charge in [-0.1, -0.05) is 23.4 Å². The zero-order valence-electron chi connectivity index (χ0n) is 20.4. The van der Waals surface area contributed by atoms with Crippen molar-refractivity contribution < 1.29 is 9.53 Å². The topological polar surface area (TPSA) is 116 Å². The van der Waals surface area contributed by atoms with Crippen LogP contribution in [0.5, 0.6) is 0 Å². The van der Waals surface area contributed by atoms with Crippen LogP contribution in [0.1, 0.15) is 50.1 Å². The lowest BCUT2D eigenvalue weighted by Crippen LogP contribution is -2.36. The van der Waals surface area contributed by atoms with Crippen LogP contribution >= 0.6 is 0 Å². The van der Waals surface area contributed by atoms with Crippen LogP contribution < -0.4 is 5.73 Å².